The third-order valence-electron chi connectivity index (χ3n) is 1.41. The Kier molecular flexibility index (Phi) is 2.15. The van der Waals surface area contributed by atoms with Crippen molar-refractivity contribution in [1.82, 2.24) is 0 Å². The molecule has 0 amide bonds. The highest BCUT2D eigenvalue weighted by atomic mass is 35.5. The van der Waals surface area contributed by atoms with Crippen LogP contribution in [0.3, 0.4) is 0 Å². The van der Waals surface area contributed by atoms with Gasteiger partial charge in [-0.05, 0) is 24.6 Å². The standard InChI is InChI=1S/C8H9ClN2/c1-5-2-3-6(8(10)11)7(9)4-5/h2-4H,1H3,(H3,10,11). The summed E-state index contributed by atoms with van der Waals surface area (Å²) in [6.07, 6.45) is 0. The number of rotatable bonds is 1. The number of benzene rings is 1. The lowest BCUT2D eigenvalue weighted by Crippen LogP contribution is -2.11. The van der Waals surface area contributed by atoms with E-state index in [1.165, 1.54) is 0 Å². The van der Waals surface area contributed by atoms with Gasteiger partial charge in [0, 0.05) is 5.56 Å². The van der Waals surface area contributed by atoms with E-state index in [0.29, 0.717) is 10.6 Å². The SMILES string of the molecule is Cc1ccc(C(=N)N)c(Cl)c1. The van der Waals surface area contributed by atoms with E-state index in [0.717, 1.165) is 5.56 Å². The van der Waals surface area contributed by atoms with E-state index in [4.69, 9.17) is 22.7 Å². The maximum absolute atomic E-state index is 7.14. The van der Waals surface area contributed by atoms with Crippen molar-refractivity contribution in [3.63, 3.8) is 0 Å². The molecule has 0 aromatic heterocycles. The lowest BCUT2D eigenvalue weighted by Gasteiger charge is -2.01. The van der Waals surface area contributed by atoms with Gasteiger partial charge in [0.25, 0.3) is 0 Å². The van der Waals surface area contributed by atoms with Gasteiger partial charge in [-0.25, -0.2) is 0 Å². The molecule has 0 atom stereocenters. The zero-order chi connectivity index (χ0) is 8.43. The van der Waals surface area contributed by atoms with Crippen LogP contribution in [0.5, 0.6) is 0 Å². The Labute approximate surface area is 70.5 Å². The minimum atomic E-state index is 0.00926. The van der Waals surface area contributed by atoms with Crippen molar-refractivity contribution in [3.05, 3.63) is 34.3 Å². The van der Waals surface area contributed by atoms with E-state index >= 15 is 0 Å². The number of aryl methyl sites for hydroxylation is 1. The normalized spacial score (nSPS) is 9.64. The van der Waals surface area contributed by atoms with Crippen LogP contribution in [0.2, 0.25) is 5.02 Å². The van der Waals surface area contributed by atoms with Gasteiger partial charge in [0.15, 0.2) is 0 Å². The minimum absolute atomic E-state index is 0.00926. The fourth-order valence-electron chi connectivity index (χ4n) is 0.839. The van der Waals surface area contributed by atoms with Crippen molar-refractivity contribution >= 4 is 17.4 Å². The molecule has 0 saturated carbocycles. The lowest BCUT2D eigenvalue weighted by atomic mass is 10.1. The zero-order valence-corrected chi connectivity index (χ0v) is 6.94. The number of nitrogen functional groups attached to an aromatic ring is 1. The zero-order valence-electron chi connectivity index (χ0n) is 6.19. The van der Waals surface area contributed by atoms with Gasteiger partial charge in [-0.1, -0.05) is 17.7 Å². The number of hydrogen-bond donors (Lipinski definition) is 2. The Morgan fingerprint density at radius 1 is 1.55 bits per heavy atom. The topological polar surface area (TPSA) is 49.9 Å². The van der Waals surface area contributed by atoms with Crippen LogP contribution in [0, 0.1) is 12.3 Å². The summed E-state index contributed by atoms with van der Waals surface area (Å²) in [5, 5.41) is 7.68. The van der Waals surface area contributed by atoms with Crippen LogP contribution in [-0.4, -0.2) is 5.84 Å². The lowest BCUT2D eigenvalue weighted by molar-refractivity contribution is 1.40. The Hall–Kier alpha value is -1.02. The van der Waals surface area contributed by atoms with Crippen molar-refractivity contribution < 1.29 is 0 Å². The largest absolute Gasteiger partial charge is 0.384 e. The van der Waals surface area contributed by atoms with E-state index in [1.807, 2.05) is 13.0 Å². The summed E-state index contributed by atoms with van der Waals surface area (Å²) in [6.45, 7) is 1.94. The van der Waals surface area contributed by atoms with Gasteiger partial charge in [0.2, 0.25) is 0 Å². The van der Waals surface area contributed by atoms with Crippen LogP contribution >= 0.6 is 11.6 Å². The molecule has 0 radical (unpaired) electrons. The third-order valence-corrected chi connectivity index (χ3v) is 1.73. The van der Waals surface area contributed by atoms with Gasteiger partial charge in [-0.2, -0.15) is 0 Å². The summed E-state index contributed by atoms with van der Waals surface area (Å²) >= 11 is 5.80. The molecule has 11 heavy (non-hydrogen) atoms. The summed E-state index contributed by atoms with van der Waals surface area (Å²) in [4.78, 5) is 0. The van der Waals surface area contributed by atoms with Gasteiger partial charge in [-0.3, -0.25) is 5.41 Å². The molecule has 0 spiro atoms. The second-order valence-electron chi connectivity index (χ2n) is 2.40. The molecule has 1 aromatic rings. The molecule has 2 nitrogen and oxygen atoms in total. The number of halogens is 1. The maximum atomic E-state index is 7.14. The van der Waals surface area contributed by atoms with E-state index in [1.54, 1.807) is 12.1 Å². The predicted molar refractivity (Wildman–Crippen MR) is 47.2 cm³/mol. The summed E-state index contributed by atoms with van der Waals surface area (Å²) in [7, 11) is 0. The Morgan fingerprint density at radius 3 is 2.64 bits per heavy atom. The molecule has 3 heteroatoms. The van der Waals surface area contributed by atoms with Crippen LogP contribution in [0.25, 0.3) is 0 Å². The minimum Gasteiger partial charge on any atom is -0.384 e. The monoisotopic (exact) mass is 168 g/mol. The van der Waals surface area contributed by atoms with Gasteiger partial charge in [-0.15, -0.1) is 0 Å². The Bertz CT molecular complexity index is 294. The smallest absolute Gasteiger partial charge is 0.124 e. The van der Waals surface area contributed by atoms with E-state index in [-0.39, 0.29) is 5.84 Å². The van der Waals surface area contributed by atoms with Gasteiger partial charge < -0.3 is 5.73 Å². The van der Waals surface area contributed by atoms with Crippen LogP contribution in [0.1, 0.15) is 11.1 Å². The quantitative estimate of drug-likeness (QED) is 0.489. The van der Waals surface area contributed by atoms with Crippen LogP contribution in [-0.2, 0) is 0 Å². The third kappa shape index (κ3) is 1.71. The Morgan fingerprint density at radius 2 is 2.18 bits per heavy atom. The van der Waals surface area contributed by atoms with Crippen molar-refractivity contribution in [2.45, 2.75) is 6.92 Å². The molecule has 58 valence electrons. The van der Waals surface area contributed by atoms with Crippen molar-refractivity contribution in [1.29, 1.82) is 5.41 Å². The van der Waals surface area contributed by atoms with Crippen molar-refractivity contribution in [3.8, 4) is 0 Å². The average Bonchev–Trinajstić information content (AvgIpc) is 1.85. The van der Waals surface area contributed by atoms with Gasteiger partial charge in [0.05, 0.1) is 5.02 Å². The van der Waals surface area contributed by atoms with Crippen LogP contribution < -0.4 is 5.73 Å². The molecular formula is C8H9ClN2. The summed E-state index contributed by atoms with van der Waals surface area (Å²) in [6, 6.07) is 5.42. The average molecular weight is 169 g/mol. The predicted octanol–water partition coefficient (Wildman–Crippen LogP) is 1.93. The maximum Gasteiger partial charge on any atom is 0.124 e. The van der Waals surface area contributed by atoms with Gasteiger partial charge >= 0.3 is 0 Å². The fraction of sp³-hybridized carbons (Fsp3) is 0.125. The first-order valence-electron chi connectivity index (χ1n) is 3.22. The van der Waals surface area contributed by atoms with Crippen molar-refractivity contribution in [2.75, 3.05) is 0 Å². The number of amidine groups is 1. The first-order valence-corrected chi connectivity index (χ1v) is 3.59. The molecular weight excluding hydrogens is 160 g/mol. The fourth-order valence-corrected chi connectivity index (χ4v) is 1.18. The molecule has 0 unspecified atom stereocenters. The first-order chi connectivity index (χ1) is 5.11. The molecule has 1 rings (SSSR count). The highest BCUT2D eigenvalue weighted by Gasteiger charge is 2.01. The second-order valence-corrected chi connectivity index (χ2v) is 2.80. The Balaban J connectivity index is 3.20. The number of nitrogens with two attached hydrogens (primary N) is 1. The molecule has 0 heterocycles. The highest BCUT2D eigenvalue weighted by molar-refractivity contribution is 6.33. The second kappa shape index (κ2) is 2.93. The number of hydrogen-bond acceptors (Lipinski definition) is 1. The van der Waals surface area contributed by atoms with E-state index < -0.39 is 0 Å². The highest BCUT2D eigenvalue weighted by Crippen LogP contribution is 2.16. The molecule has 1 aromatic carbocycles. The van der Waals surface area contributed by atoms with Gasteiger partial charge in [0.1, 0.15) is 5.84 Å². The van der Waals surface area contributed by atoms with Crippen LogP contribution in [0.4, 0.5) is 0 Å². The molecule has 0 aliphatic carbocycles. The summed E-state index contributed by atoms with van der Waals surface area (Å²) in [5.74, 6) is 0.00926. The molecule has 0 bridgehead atoms. The van der Waals surface area contributed by atoms with E-state index in [2.05, 4.69) is 0 Å². The summed E-state index contributed by atoms with van der Waals surface area (Å²) in [5.41, 5.74) is 6.93. The van der Waals surface area contributed by atoms with Crippen LogP contribution in [0.15, 0.2) is 18.2 Å². The van der Waals surface area contributed by atoms with Crippen molar-refractivity contribution in [2.24, 2.45) is 5.73 Å². The molecule has 0 aliphatic rings. The number of nitrogens with one attached hydrogen (secondary N) is 1. The molecule has 0 fully saturated rings. The van der Waals surface area contributed by atoms with E-state index in [9.17, 15) is 0 Å². The molecule has 0 aliphatic heterocycles. The molecule has 0 saturated heterocycles. The summed E-state index contributed by atoms with van der Waals surface area (Å²) < 4.78 is 0. The molecule has 3 N–H and O–H groups in total. The first kappa shape index (κ1) is 8.08.